The lowest BCUT2D eigenvalue weighted by Crippen LogP contribution is -2.43. The highest BCUT2D eigenvalue weighted by Gasteiger charge is 2.32. The van der Waals surface area contributed by atoms with E-state index in [1.165, 1.54) is 11.1 Å². The molecule has 0 bridgehead atoms. The van der Waals surface area contributed by atoms with E-state index in [9.17, 15) is 27.6 Å². The third kappa shape index (κ3) is 9.42. The number of nitrogens with zero attached hydrogens (tertiary/aromatic N) is 5. The maximum absolute atomic E-state index is 13.9. The first kappa shape index (κ1) is 37.7. The highest BCUT2D eigenvalue weighted by molar-refractivity contribution is 5.96. The summed E-state index contributed by atoms with van der Waals surface area (Å²) < 4.78 is 62.1. The zero-order valence-corrected chi connectivity index (χ0v) is 29.5. The predicted octanol–water partition coefficient (Wildman–Crippen LogP) is 6.99. The van der Waals surface area contributed by atoms with E-state index >= 15 is 0 Å². The van der Waals surface area contributed by atoms with Gasteiger partial charge in [0, 0.05) is 22.9 Å². The maximum Gasteiger partial charge on any atom is 0.435 e. The van der Waals surface area contributed by atoms with Gasteiger partial charge in [0.25, 0.3) is 12.3 Å². The number of anilines is 2. The number of amides is 2. The average molecular weight is 725 g/mol. The molecule has 1 unspecified atom stereocenters. The van der Waals surface area contributed by atoms with E-state index in [0.29, 0.717) is 33.6 Å². The zero-order chi connectivity index (χ0) is 37.8. The maximum atomic E-state index is 13.9. The molecular formula is C36H39F3N6O7. The highest BCUT2D eigenvalue weighted by atomic mass is 19.3. The van der Waals surface area contributed by atoms with Crippen molar-refractivity contribution in [1.29, 1.82) is 0 Å². The van der Waals surface area contributed by atoms with Crippen LogP contribution < -0.4 is 15.0 Å². The number of nitrogens with one attached hydrogen (secondary N) is 1. The van der Waals surface area contributed by atoms with E-state index in [1.54, 1.807) is 96.3 Å². The molecule has 0 radical (unpaired) electrons. The number of halogens is 3. The number of hydrogen-bond acceptors (Lipinski definition) is 10. The summed E-state index contributed by atoms with van der Waals surface area (Å²) >= 11 is 0. The molecule has 0 aliphatic carbocycles. The van der Waals surface area contributed by atoms with Crippen molar-refractivity contribution in [3.63, 3.8) is 0 Å². The number of rotatable bonds is 10. The number of carbonyl (C=O) groups is 3. The van der Waals surface area contributed by atoms with Gasteiger partial charge in [0.05, 0.1) is 30.8 Å². The van der Waals surface area contributed by atoms with Crippen LogP contribution in [0, 0.1) is 0 Å². The van der Waals surface area contributed by atoms with Crippen LogP contribution in [0.4, 0.5) is 34.3 Å². The Kier molecular flexibility index (Phi) is 11.2. The molecule has 1 aliphatic heterocycles. The minimum atomic E-state index is -3.07. The van der Waals surface area contributed by atoms with E-state index in [1.807, 2.05) is 5.32 Å². The van der Waals surface area contributed by atoms with Crippen LogP contribution in [0.25, 0.3) is 22.5 Å². The van der Waals surface area contributed by atoms with Crippen molar-refractivity contribution in [2.24, 2.45) is 0 Å². The van der Waals surface area contributed by atoms with Crippen LogP contribution >= 0.6 is 0 Å². The molecule has 3 heterocycles. The number of hydrogen-bond donors (Lipinski definition) is 1. The smallest absolute Gasteiger partial charge is 0.435 e. The summed E-state index contributed by atoms with van der Waals surface area (Å²) in [6, 6.07) is 11.4. The molecule has 1 N–H and O–H groups in total. The molecule has 2 aromatic carbocycles. The van der Waals surface area contributed by atoms with E-state index in [4.69, 9.17) is 23.9 Å². The summed E-state index contributed by atoms with van der Waals surface area (Å²) in [5, 5.41) is 6.03. The van der Waals surface area contributed by atoms with Crippen LogP contribution in [0.5, 0.6) is 5.75 Å². The Bertz CT molecular complexity index is 1920. The second-order valence-corrected chi connectivity index (χ2v) is 13.8. The Balaban J connectivity index is 1.46. The van der Waals surface area contributed by atoms with Gasteiger partial charge in [0.1, 0.15) is 29.7 Å². The lowest BCUT2D eigenvalue weighted by atomic mass is 10.1. The van der Waals surface area contributed by atoms with Gasteiger partial charge in [-0.3, -0.25) is 4.79 Å². The van der Waals surface area contributed by atoms with E-state index in [-0.39, 0.29) is 30.6 Å². The molecule has 4 aromatic rings. The Morgan fingerprint density at radius 1 is 0.942 bits per heavy atom. The van der Waals surface area contributed by atoms with Crippen LogP contribution in [0.15, 0.2) is 60.9 Å². The number of fused-ring (bicyclic) bond motifs is 1. The zero-order valence-electron chi connectivity index (χ0n) is 29.5. The van der Waals surface area contributed by atoms with Crippen LogP contribution in [-0.2, 0) is 32.2 Å². The van der Waals surface area contributed by atoms with Crippen LogP contribution in [0.3, 0.4) is 0 Å². The van der Waals surface area contributed by atoms with Crippen molar-refractivity contribution in [3.8, 4) is 28.3 Å². The molecule has 16 heteroatoms. The van der Waals surface area contributed by atoms with Gasteiger partial charge in [-0.2, -0.15) is 9.78 Å². The van der Waals surface area contributed by atoms with Gasteiger partial charge in [-0.05, 0) is 71.4 Å². The Hall–Kier alpha value is -5.51. The van der Waals surface area contributed by atoms with Gasteiger partial charge >= 0.3 is 12.2 Å². The summed E-state index contributed by atoms with van der Waals surface area (Å²) in [6.07, 6.45) is -1.33. The van der Waals surface area contributed by atoms with Crippen LogP contribution in [0.1, 0.15) is 52.8 Å². The summed E-state index contributed by atoms with van der Waals surface area (Å²) in [5.74, 6) is -0.313. The SMILES string of the molecule is CC(C)(C)OC(=O)N(c1ccc(-c2cnn(C(=O)OC(C)(C)C)c2)cc1)c1nc(-c2cccc(OCC(=O)NC(CF)C(F)F)c2)nc2c1COC2. The summed E-state index contributed by atoms with van der Waals surface area (Å²) in [5.41, 5.74) is 1.75. The van der Waals surface area contributed by atoms with E-state index < -0.39 is 55.0 Å². The molecule has 1 atom stereocenters. The molecule has 0 fully saturated rings. The fourth-order valence-electron chi connectivity index (χ4n) is 4.94. The molecule has 276 valence electrons. The summed E-state index contributed by atoms with van der Waals surface area (Å²) in [4.78, 5) is 49.3. The van der Waals surface area contributed by atoms with Gasteiger partial charge in [-0.25, -0.2) is 37.6 Å². The molecular weight excluding hydrogens is 685 g/mol. The first-order valence-corrected chi connectivity index (χ1v) is 16.3. The second-order valence-electron chi connectivity index (χ2n) is 13.8. The van der Waals surface area contributed by atoms with Crippen molar-refractivity contribution < 1.29 is 46.5 Å². The Morgan fingerprint density at radius 3 is 2.31 bits per heavy atom. The molecule has 5 rings (SSSR count). The molecule has 1 aliphatic rings. The summed E-state index contributed by atoms with van der Waals surface area (Å²) in [7, 11) is 0. The monoisotopic (exact) mass is 724 g/mol. The number of carbonyl (C=O) groups excluding carboxylic acids is 3. The van der Waals surface area contributed by atoms with E-state index in [2.05, 4.69) is 10.1 Å². The number of alkyl halides is 3. The third-order valence-electron chi connectivity index (χ3n) is 7.24. The Labute approximate surface area is 298 Å². The van der Waals surface area contributed by atoms with Gasteiger partial charge in [-0.15, -0.1) is 0 Å². The largest absolute Gasteiger partial charge is 0.484 e. The standard InChI is InChI=1S/C36H39F3N6O7/c1-35(2,3)51-33(47)44-17-23(16-40-44)21-10-12-24(13-11-21)45(34(48)52-36(4,5)6)32-26-18-49-19-28(26)42-31(43-32)22-8-7-9-25(14-22)50-20-29(46)41-27(15-37)30(38)39/h7-14,16-17,27,30H,15,18-20H2,1-6H3,(H,41,46). The fourth-order valence-corrected chi connectivity index (χ4v) is 4.94. The Morgan fingerprint density at radius 2 is 1.65 bits per heavy atom. The third-order valence-corrected chi connectivity index (χ3v) is 7.24. The molecule has 2 amide bonds. The normalized spacial score (nSPS) is 13.3. The first-order chi connectivity index (χ1) is 24.5. The number of ether oxygens (including phenoxy) is 4. The van der Waals surface area contributed by atoms with Crippen molar-refractivity contribution in [1.82, 2.24) is 25.1 Å². The van der Waals surface area contributed by atoms with Gasteiger partial charge < -0.3 is 24.3 Å². The van der Waals surface area contributed by atoms with Crippen molar-refractivity contribution in [3.05, 3.63) is 72.2 Å². The van der Waals surface area contributed by atoms with E-state index in [0.717, 1.165) is 4.68 Å². The number of benzene rings is 2. The second kappa shape index (κ2) is 15.4. The van der Waals surface area contributed by atoms with Gasteiger partial charge in [0.2, 0.25) is 0 Å². The topological polar surface area (TPSA) is 147 Å². The minimum Gasteiger partial charge on any atom is -0.484 e. The quantitative estimate of drug-likeness (QED) is 0.182. The minimum absolute atomic E-state index is 0.128. The summed E-state index contributed by atoms with van der Waals surface area (Å²) in [6.45, 7) is 8.72. The van der Waals surface area contributed by atoms with Crippen LogP contribution in [0.2, 0.25) is 0 Å². The highest BCUT2D eigenvalue weighted by Crippen LogP contribution is 2.36. The number of aromatic nitrogens is 4. The van der Waals surface area contributed by atoms with Crippen molar-refractivity contribution >= 4 is 29.6 Å². The molecule has 0 saturated carbocycles. The fraction of sp³-hybridized carbons (Fsp3) is 0.389. The lowest BCUT2D eigenvalue weighted by Gasteiger charge is -2.28. The first-order valence-electron chi connectivity index (χ1n) is 16.3. The van der Waals surface area contributed by atoms with Crippen molar-refractivity contribution in [2.75, 3.05) is 18.2 Å². The average Bonchev–Trinajstić information content (AvgIpc) is 3.76. The van der Waals surface area contributed by atoms with Gasteiger partial charge in [0.15, 0.2) is 18.2 Å². The predicted molar refractivity (Wildman–Crippen MR) is 183 cm³/mol. The molecule has 0 spiro atoms. The molecule has 13 nitrogen and oxygen atoms in total. The molecule has 0 saturated heterocycles. The van der Waals surface area contributed by atoms with Gasteiger partial charge in [-0.1, -0.05) is 24.3 Å². The van der Waals surface area contributed by atoms with Crippen LogP contribution in [-0.4, -0.2) is 74.8 Å². The van der Waals surface area contributed by atoms with Crippen molar-refractivity contribution in [2.45, 2.75) is 78.4 Å². The lowest BCUT2D eigenvalue weighted by molar-refractivity contribution is -0.125. The molecule has 2 aromatic heterocycles. The molecule has 52 heavy (non-hydrogen) atoms.